The van der Waals surface area contributed by atoms with E-state index in [1.165, 1.54) is 6.07 Å². The Morgan fingerprint density at radius 3 is 2.64 bits per heavy atom. The second-order valence-electron chi connectivity index (χ2n) is 9.73. The summed E-state index contributed by atoms with van der Waals surface area (Å²) in [5.41, 5.74) is 3.04. The third-order valence-electron chi connectivity index (χ3n) is 7.02. The number of anilines is 3. The number of amides is 1. The summed E-state index contributed by atoms with van der Waals surface area (Å²) in [5.74, 6) is -1.45. The predicted molar refractivity (Wildman–Crippen MR) is 135 cm³/mol. The summed E-state index contributed by atoms with van der Waals surface area (Å²) in [6, 6.07) is 4.08. The lowest BCUT2D eigenvalue weighted by Crippen LogP contribution is -2.54. The van der Waals surface area contributed by atoms with Crippen LogP contribution in [0.4, 0.5) is 25.8 Å². The fourth-order valence-corrected chi connectivity index (χ4v) is 5.06. The summed E-state index contributed by atoms with van der Waals surface area (Å²) in [6.45, 7) is 10.0. The molecule has 0 spiro atoms. The molecule has 190 valence electrons. The molecule has 2 aromatic heterocycles. The van der Waals surface area contributed by atoms with E-state index in [4.69, 9.17) is 9.72 Å². The molecule has 0 atom stereocenters. The fraction of sp³-hybridized carbons (Fsp3) is 0.423. The van der Waals surface area contributed by atoms with Crippen molar-refractivity contribution in [1.29, 1.82) is 0 Å². The highest BCUT2D eigenvalue weighted by Crippen LogP contribution is 2.39. The van der Waals surface area contributed by atoms with E-state index >= 15 is 4.39 Å². The summed E-state index contributed by atoms with van der Waals surface area (Å²) in [4.78, 5) is 25.4. The lowest BCUT2D eigenvalue weighted by atomic mass is 9.90. The van der Waals surface area contributed by atoms with Crippen LogP contribution in [-0.2, 0) is 15.1 Å². The van der Waals surface area contributed by atoms with Gasteiger partial charge in [0.2, 0.25) is 5.91 Å². The van der Waals surface area contributed by atoms with Crippen molar-refractivity contribution in [3.05, 3.63) is 53.5 Å². The van der Waals surface area contributed by atoms with Gasteiger partial charge in [0.1, 0.15) is 11.6 Å². The third-order valence-corrected chi connectivity index (χ3v) is 7.02. The van der Waals surface area contributed by atoms with Crippen LogP contribution in [0.2, 0.25) is 0 Å². The van der Waals surface area contributed by atoms with Gasteiger partial charge in [-0.3, -0.25) is 19.7 Å². The minimum atomic E-state index is -0.695. The number of benzene rings is 1. The first-order valence-corrected chi connectivity index (χ1v) is 12.1. The van der Waals surface area contributed by atoms with E-state index in [1.807, 2.05) is 31.7 Å². The molecule has 0 unspecified atom stereocenters. The minimum Gasteiger partial charge on any atom is -0.378 e. The number of carbonyl (C=O) groups excluding carboxylic acids is 1. The molecule has 2 saturated heterocycles. The molecule has 0 radical (unpaired) electrons. The summed E-state index contributed by atoms with van der Waals surface area (Å²) in [6.07, 6.45) is 3.47. The Labute approximate surface area is 208 Å². The molecule has 2 fully saturated rings. The zero-order valence-electron chi connectivity index (χ0n) is 20.7. The SMILES string of the molecule is Cc1c(C(C)(C)N2CCNC(=O)C2)nc2cc(F)cc(F)c2c1Nc1cncc(N2CCOCC2)c1. The van der Waals surface area contributed by atoms with Crippen LogP contribution in [0.5, 0.6) is 0 Å². The largest absolute Gasteiger partial charge is 0.378 e. The lowest BCUT2D eigenvalue weighted by Gasteiger charge is -2.41. The highest BCUT2D eigenvalue weighted by Gasteiger charge is 2.36. The van der Waals surface area contributed by atoms with Crippen molar-refractivity contribution >= 4 is 33.9 Å². The Kier molecular flexibility index (Phi) is 6.48. The van der Waals surface area contributed by atoms with Crippen LogP contribution in [0.15, 0.2) is 30.6 Å². The number of pyridine rings is 2. The number of ether oxygens (including phenoxy) is 1. The summed E-state index contributed by atoms with van der Waals surface area (Å²) in [5, 5.41) is 6.41. The van der Waals surface area contributed by atoms with E-state index in [1.54, 1.807) is 12.4 Å². The number of aromatic nitrogens is 2. The van der Waals surface area contributed by atoms with Crippen molar-refractivity contribution in [3.63, 3.8) is 0 Å². The Bertz CT molecular complexity index is 1310. The first-order valence-electron chi connectivity index (χ1n) is 12.1. The van der Waals surface area contributed by atoms with Gasteiger partial charge in [-0.15, -0.1) is 0 Å². The maximum Gasteiger partial charge on any atom is 0.234 e. The molecule has 2 N–H and O–H groups in total. The minimum absolute atomic E-state index is 0.0609. The summed E-state index contributed by atoms with van der Waals surface area (Å²) in [7, 11) is 0. The van der Waals surface area contributed by atoms with Crippen LogP contribution in [0.1, 0.15) is 25.1 Å². The first kappa shape index (κ1) is 24.3. The number of morpholine rings is 1. The average Bonchev–Trinajstić information content (AvgIpc) is 2.86. The van der Waals surface area contributed by atoms with Gasteiger partial charge in [0.25, 0.3) is 0 Å². The molecule has 36 heavy (non-hydrogen) atoms. The maximum absolute atomic E-state index is 15.2. The van der Waals surface area contributed by atoms with Crippen LogP contribution in [0, 0.1) is 18.6 Å². The van der Waals surface area contributed by atoms with E-state index in [2.05, 4.69) is 20.5 Å². The van der Waals surface area contributed by atoms with Crippen molar-refractivity contribution in [1.82, 2.24) is 20.2 Å². The van der Waals surface area contributed by atoms with Gasteiger partial charge in [0, 0.05) is 38.3 Å². The van der Waals surface area contributed by atoms with Gasteiger partial charge in [0.05, 0.1) is 71.4 Å². The highest BCUT2D eigenvalue weighted by molar-refractivity contribution is 5.96. The first-order chi connectivity index (χ1) is 17.2. The van der Waals surface area contributed by atoms with Gasteiger partial charge in [0.15, 0.2) is 0 Å². The van der Waals surface area contributed by atoms with Crippen LogP contribution in [0.25, 0.3) is 10.9 Å². The predicted octanol–water partition coefficient (Wildman–Crippen LogP) is 3.46. The Balaban J connectivity index is 1.61. The number of hydrogen-bond donors (Lipinski definition) is 2. The quantitative estimate of drug-likeness (QED) is 0.560. The third kappa shape index (κ3) is 4.58. The zero-order valence-corrected chi connectivity index (χ0v) is 20.7. The highest BCUT2D eigenvalue weighted by atomic mass is 19.1. The van der Waals surface area contributed by atoms with E-state index < -0.39 is 17.2 Å². The number of rotatable bonds is 5. The molecule has 0 bridgehead atoms. The number of piperazine rings is 1. The normalized spacial score (nSPS) is 17.4. The van der Waals surface area contributed by atoms with Gasteiger partial charge in [-0.05, 0) is 32.4 Å². The number of fused-ring (bicyclic) bond motifs is 1. The van der Waals surface area contributed by atoms with E-state index in [-0.39, 0.29) is 23.4 Å². The average molecular weight is 497 g/mol. The molecule has 10 heteroatoms. The number of halogens is 2. The molecule has 0 aliphatic carbocycles. The fourth-order valence-electron chi connectivity index (χ4n) is 5.06. The maximum atomic E-state index is 15.2. The Hall–Kier alpha value is -3.37. The molecule has 1 aromatic carbocycles. The van der Waals surface area contributed by atoms with Crippen molar-refractivity contribution in [3.8, 4) is 0 Å². The van der Waals surface area contributed by atoms with Gasteiger partial charge in [-0.1, -0.05) is 0 Å². The van der Waals surface area contributed by atoms with Gasteiger partial charge in [-0.25, -0.2) is 8.78 Å². The van der Waals surface area contributed by atoms with Crippen molar-refractivity contribution in [2.75, 3.05) is 56.2 Å². The van der Waals surface area contributed by atoms with Crippen molar-refractivity contribution < 1.29 is 18.3 Å². The van der Waals surface area contributed by atoms with Crippen LogP contribution in [-0.4, -0.2) is 66.7 Å². The molecule has 2 aliphatic rings. The number of nitrogens with zero attached hydrogens (tertiary/aromatic N) is 4. The summed E-state index contributed by atoms with van der Waals surface area (Å²) < 4.78 is 34.9. The molecule has 4 heterocycles. The smallest absolute Gasteiger partial charge is 0.234 e. The van der Waals surface area contributed by atoms with Crippen LogP contribution >= 0.6 is 0 Å². The van der Waals surface area contributed by atoms with Crippen molar-refractivity contribution in [2.24, 2.45) is 0 Å². The standard InChI is InChI=1S/C26H30F2N6O2/c1-16-24(31-18-12-19(14-29-13-18)33-6-8-36-9-7-33)23-20(28)10-17(27)11-21(23)32-25(16)26(2,3)34-5-4-30-22(35)15-34/h10-14H,4-9,15H2,1-3H3,(H,30,35)(H,31,32). The van der Waals surface area contributed by atoms with E-state index in [0.29, 0.717) is 43.4 Å². The van der Waals surface area contributed by atoms with Crippen LogP contribution < -0.4 is 15.5 Å². The van der Waals surface area contributed by atoms with Gasteiger partial charge in [-0.2, -0.15) is 0 Å². The number of nitrogens with one attached hydrogen (secondary N) is 2. The van der Waals surface area contributed by atoms with Gasteiger partial charge >= 0.3 is 0 Å². The zero-order chi connectivity index (χ0) is 25.4. The second-order valence-corrected chi connectivity index (χ2v) is 9.73. The molecule has 5 rings (SSSR count). The van der Waals surface area contributed by atoms with Crippen molar-refractivity contribution in [2.45, 2.75) is 26.3 Å². The number of carbonyl (C=O) groups is 1. The molecular weight excluding hydrogens is 466 g/mol. The molecule has 2 aliphatic heterocycles. The van der Waals surface area contributed by atoms with Crippen LogP contribution in [0.3, 0.4) is 0 Å². The molecule has 1 amide bonds. The number of hydrogen-bond acceptors (Lipinski definition) is 7. The molecule has 3 aromatic rings. The monoisotopic (exact) mass is 496 g/mol. The Morgan fingerprint density at radius 2 is 1.89 bits per heavy atom. The molecular formula is C26H30F2N6O2. The second kappa shape index (κ2) is 9.59. The Morgan fingerprint density at radius 1 is 1.11 bits per heavy atom. The molecule has 8 nitrogen and oxygen atoms in total. The van der Waals surface area contributed by atoms with Gasteiger partial charge < -0.3 is 20.3 Å². The molecule has 0 saturated carbocycles. The summed E-state index contributed by atoms with van der Waals surface area (Å²) >= 11 is 0. The van der Waals surface area contributed by atoms with E-state index in [9.17, 15) is 9.18 Å². The van der Waals surface area contributed by atoms with E-state index in [0.717, 1.165) is 30.4 Å². The lowest BCUT2D eigenvalue weighted by molar-refractivity contribution is -0.126. The topological polar surface area (TPSA) is 82.6 Å².